The number of para-hydroxylation sites is 1. The van der Waals surface area contributed by atoms with Gasteiger partial charge in [-0.1, -0.05) is 18.2 Å². The number of carboxylic acid groups (broad SMARTS) is 1. The minimum absolute atomic E-state index is 0.222. The van der Waals surface area contributed by atoms with Gasteiger partial charge in [0.25, 0.3) is 0 Å². The Morgan fingerprint density at radius 1 is 0.868 bits per heavy atom. The number of hydrogen-bond donors (Lipinski definition) is 4. The van der Waals surface area contributed by atoms with Gasteiger partial charge in [0.2, 0.25) is 0 Å². The van der Waals surface area contributed by atoms with Crippen molar-refractivity contribution in [2.45, 2.75) is 24.9 Å². The number of aromatic amines is 1. The van der Waals surface area contributed by atoms with Gasteiger partial charge in [0.15, 0.2) is 11.5 Å². The first kappa shape index (κ1) is 29.8. The summed E-state index contributed by atoms with van der Waals surface area (Å²) in [6.45, 7) is 0. The lowest BCUT2D eigenvalue weighted by Crippen LogP contribution is -2.36. The molecule has 8 nitrogen and oxygen atoms in total. The molecule has 0 fully saturated rings. The number of esters is 1. The second-order valence-electron chi connectivity index (χ2n) is 8.45. The number of rotatable bonds is 9. The lowest BCUT2D eigenvalue weighted by molar-refractivity contribution is -0.138. The van der Waals surface area contributed by atoms with E-state index in [1.165, 1.54) is 0 Å². The number of carbonyl (C=O) groups excluding carboxylic acids is 1. The van der Waals surface area contributed by atoms with E-state index in [9.17, 15) is 9.59 Å². The number of aliphatic carboxylic acids is 1. The molecule has 0 aliphatic heterocycles. The summed E-state index contributed by atoms with van der Waals surface area (Å²) in [7, 11) is 0. The van der Waals surface area contributed by atoms with E-state index in [4.69, 9.17) is 26.0 Å². The van der Waals surface area contributed by atoms with Crippen molar-refractivity contribution in [3.8, 4) is 17.2 Å². The molecule has 0 amide bonds. The van der Waals surface area contributed by atoms with E-state index < -0.39 is 24.0 Å². The van der Waals surface area contributed by atoms with E-state index in [1.54, 1.807) is 12.1 Å². The summed E-state index contributed by atoms with van der Waals surface area (Å²) in [5.41, 5.74) is 14.7. The normalized spacial score (nSPS) is 12.8. The van der Waals surface area contributed by atoms with Gasteiger partial charge >= 0.3 is 11.9 Å². The van der Waals surface area contributed by atoms with Crippen molar-refractivity contribution >= 4 is 113 Å². The highest BCUT2D eigenvalue weighted by atomic mass is 127. The number of nitrogens with two attached hydrogens (primary N) is 2. The van der Waals surface area contributed by atoms with Crippen molar-refractivity contribution in [2.24, 2.45) is 11.5 Å². The lowest BCUT2D eigenvalue weighted by Gasteiger charge is -2.16. The molecular weight excluding hydrogens is 942 g/mol. The van der Waals surface area contributed by atoms with Crippen molar-refractivity contribution in [1.82, 2.24) is 4.98 Å². The molecular formula is C26H21I4N3O5. The predicted molar refractivity (Wildman–Crippen MR) is 179 cm³/mol. The van der Waals surface area contributed by atoms with Crippen LogP contribution in [0.1, 0.15) is 11.1 Å². The maximum atomic E-state index is 12.9. The Labute approximate surface area is 273 Å². The van der Waals surface area contributed by atoms with Crippen LogP contribution in [0.3, 0.4) is 0 Å². The quantitative estimate of drug-likeness (QED) is 0.0945. The van der Waals surface area contributed by atoms with Crippen molar-refractivity contribution < 1.29 is 24.2 Å². The van der Waals surface area contributed by atoms with Crippen molar-refractivity contribution in [3.05, 3.63) is 80.1 Å². The Kier molecular flexibility index (Phi) is 10.2. The second kappa shape index (κ2) is 13.0. The third-order valence-corrected chi connectivity index (χ3v) is 8.85. The Morgan fingerprint density at radius 2 is 1.47 bits per heavy atom. The summed E-state index contributed by atoms with van der Waals surface area (Å²) in [5, 5.41) is 10.1. The minimum Gasteiger partial charge on any atom is -0.480 e. The summed E-state index contributed by atoms with van der Waals surface area (Å²) in [6, 6.07) is 13.4. The minimum atomic E-state index is -1.04. The van der Waals surface area contributed by atoms with Crippen LogP contribution in [0.2, 0.25) is 0 Å². The summed E-state index contributed by atoms with van der Waals surface area (Å²) in [4.78, 5) is 27.1. The molecule has 0 radical (unpaired) electrons. The van der Waals surface area contributed by atoms with Gasteiger partial charge < -0.3 is 31.0 Å². The van der Waals surface area contributed by atoms with Gasteiger partial charge in [-0.2, -0.15) is 0 Å². The van der Waals surface area contributed by atoms with Crippen LogP contribution in [0.15, 0.2) is 54.7 Å². The molecule has 0 saturated carbocycles. The molecule has 6 N–H and O–H groups in total. The molecule has 0 aliphatic carbocycles. The number of H-pyrrole nitrogens is 1. The zero-order valence-electron chi connectivity index (χ0n) is 19.5. The van der Waals surface area contributed by atoms with Crippen molar-refractivity contribution in [3.63, 3.8) is 0 Å². The highest BCUT2D eigenvalue weighted by Crippen LogP contribution is 2.37. The van der Waals surface area contributed by atoms with Gasteiger partial charge in [-0.3, -0.25) is 4.79 Å². The Bertz CT molecular complexity index is 1480. The maximum Gasteiger partial charge on any atom is 0.328 e. The third-order valence-electron chi connectivity index (χ3n) is 5.64. The fourth-order valence-electron chi connectivity index (χ4n) is 3.78. The number of nitrogens with one attached hydrogen (secondary N) is 1. The number of carboxylic acids is 1. The van der Waals surface area contributed by atoms with E-state index in [-0.39, 0.29) is 6.42 Å². The number of fused-ring (bicyclic) bond motifs is 1. The molecule has 4 aromatic rings. The van der Waals surface area contributed by atoms with Crippen LogP contribution < -0.4 is 20.9 Å². The van der Waals surface area contributed by atoms with Crippen LogP contribution >= 0.6 is 90.4 Å². The van der Waals surface area contributed by atoms with Crippen LogP contribution in [0.5, 0.6) is 17.2 Å². The van der Waals surface area contributed by atoms with Crippen molar-refractivity contribution in [2.75, 3.05) is 0 Å². The van der Waals surface area contributed by atoms with Gasteiger partial charge in [-0.05, 0) is 138 Å². The van der Waals surface area contributed by atoms with E-state index in [0.29, 0.717) is 30.8 Å². The SMILES string of the molecule is N[C@@H](Cc1cc(I)c(Oc2cc(I)c(OC(=O)[C@@H](N)Cc3c[nH]c4ccccc34)c(I)c2)c(I)c1)C(=O)O. The predicted octanol–water partition coefficient (Wildman–Crippen LogP) is 5.81. The number of ether oxygens (including phenoxy) is 2. The molecule has 12 heteroatoms. The fourth-order valence-corrected chi connectivity index (χ4v) is 7.83. The molecule has 0 unspecified atom stereocenters. The van der Waals surface area contributed by atoms with E-state index >= 15 is 0 Å². The average molecular weight is 963 g/mol. The standard InChI is InChI=1S/C26H21I4N3O5/c27-16-5-12(7-20(31)25(34)35)6-17(28)23(16)37-14-9-18(29)24(19(30)10-14)38-26(36)21(32)8-13-11-33-22-4-2-1-3-15(13)22/h1-6,9-11,20-21,33H,7-8,31-32H2,(H,34,35)/t20-,21-/m0/s1. The summed E-state index contributed by atoms with van der Waals surface area (Å²) in [6.07, 6.45) is 2.44. The lowest BCUT2D eigenvalue weighted by atomic mass is 10.1. The van der Waals surface area contributed by atoms with Crippen LogP contribution in [-0.4, -0.2) is 34.1 Å². The van der Waals surface area contributed by atoms with Crippen LogP contribution in [-0.2, 0) is 22.4 Å². The molecule has 0 saturated heterocycles. The highest BCUT2D eigenvalue weighted by molar-refractivity contribution is 14.1. The largest absolute Gasteiger partial charge is 0.480 e. The molecule has 1 aromatic heterocycles. The Hall–Kier alpha value is -1.22. The van der Waals surface area contributed by atoms with Gasteiger partial charge in [0, 0.05) is 23.5 Å². The third kappa shape index (κ3) is 7.10. The molecule has 198 valence electrons. The van der Waals surface area contributed by atoms with E-state index in [1.807, 2.05) is 42.6 Å². The Morgan fingerprint density at radius 3 is 2.11 bits per heavy atom. The number of aromatic nitrogens is 1. The molecule has 0 bridgehead atoms. The van der Waals surface area contributed by atoms with Gasteiger partial charge in [0.05, 0.1) is 14.3 Å². The summed E-state index contributed by atoms with van der Waals surface area (Å²) >= 11 is 8.52. The Balaban J connectivity index is 1.47. The summed E-state index contributed by atoms with van der Waals surface area (Å²) in [5.74, 6) is 0.0991. The van der Waals surface area contributed by atoms with Crippen LogP contribution in [0, 0.1) is 14.3 Å². The molecule has 4 rings (SSSR count). The van der Waals surface area contributed by atoms with Crippen LogP contribution in [0.4, 0.5) is 0 Å². The maximum absolute atomic E-state index is 12.9. The number of carbonyl (C=O) groups is 2. The number of halogens is 4. The molecule has 3 aromatic carbocycles. The van der Waals surface area contributed by atoms with Crippen molar-refractivity contribution in [1.29, 1.82) is 0 Å². The van der Waals surface area contributed by atoms with Gasteiger partial charge in [0.1, 0.15) is 17.8 Å². The first-order valence-corrected chi connectivity index (χ1v) is 15.5. The van der Waals surface area contributed by atoms with Gasteiger partial charge in [-0.15, -0.1) is 0 Å². The highest BCUT2D eigenvalue weighted by Gasteiger charge is 2.22. The average Bonchev–Trinajstić information content (AvgIpc) is 3.26. The van der Waals surface area contributed by atoms with E-state index in [0.717, 1.165) is 29.2 Å². The summed E-state index contributed by atoms with van der Waals surface area (Å²) < 4.78 is 15.0. The molecule has 0 spiro atoms. The number of benzene rings is 3. The van der Waals surface area contributed by atoms with Crippen LogP contribution in [0.25, 0.3) is 10.9 Å². The fraction of sp³-hybridized carbons (Fsp3) is 0.154. The smallest absolute Gasteiger partial charge is 0.328 e. The monoisotopic (exact) mass is 963 g/mol. The van der Waals surface area contributed by atoms with Gasteiger partial charge in [-0.25, -0.2) is 4.79 Å². The first-order valence-electron chi connectivity index (χ1n) is 11.2. The molecule has 0 aliphatic rings. The number of hydrogen-bond acceptors (Lipinski definition) is 6. The molecule has 2 atom stereocenters. The molecule has 38 heavy (non-hydrogen) atoms. The second-order valence-corrected chi connectivity index (χ2v) is 13.1. The topological polar surface area (TPSA) is 141 Å². The van der Waals surface area contributed by atoms with E-state index in [2.05, 4.69) is 95.3 Å². The zero-order valence-corrected chi connectivity index (χ0v) is 28.1. The molecule has 1 heterocycles. The first-order chi connectivity index (χ1) is 18.0. The zero-order chi connectivity index (χ0) is 27.6.